The SMILES string of the molecule is C=C(Br)C[C@@H](NC(=O)c1cc(C(F)(F)F)cc(C(F)(F)F)c1)C(N)=O. The van der Waals surface area contributed by atoms with Crippen molar-refractivity contribution < 1.29 is 35.9 Å². The van der Waals surface area contributed by atoms with Gasteiger partial charge in [0.05, 0.1) is 11.1 Å². The largest absolute Gasteiger partial charge is 0.416 e. The second-order valence-corrected chi connectivity index (χ2v) is 6.07. The second kappa shape index (κ2) is 7.46. The summed E-state index contributed by atoms with van der Waals surface area (Å²) in [6.07, 6.45) is -10.4. The first-order valence-corrected chi connectivity index (χ1v) is 7.24. The molecule has 0 spiro atoms. The number of carbonyl (C=O) groups excluding carboxylic acids is 2. The van der Waals surface area contributed by atoms with Crippen molar-refractivity contribution in [2.75, 3.05) is 0 Å². The molecule has 2 amide bonds. The van der Waals surface area contributed by atoms with Gasteiger partial charge in [-0.15, -0.1) is 0 Å². The van der Waals surface area contributed by atoms with Gasteiger partial charge in [-0.1, -0.05) is 22.5 Å². The summed E-state index contributed by atoms with van der Waals surface area (Å²) >= 11 is 2.91. The Morgan fingerprint density at radius 1 is 1.08 bits per heavy atom. The van der Waals surface area contributed by atoms with E-state index in [4.69, 9.17) is 5.73 Å². The zero-order chi connectivity index (χ0) is 19.6. The second-order valence-electron chi connectivity index (χ2n) is 4.94. The number of nitrogens with two attached hydrogens (primary N) is 1. The third kappa shape index (κ3) is 6.07. The lowest BCUT2D eigenvalue weighted by atomic mass is 10.0. The zero-order valence-electron chi connectivity index (χ0n) is 12.3. The van der Waals surface area contributed by atoms with E-state index in [2.05, 4.69) is 22.5 Å². The van der Waals surface area contributed by atoms with Crippen LogP contribution in [0.4, 0.5) is 26.3 Å². The smallest absolute Gasteiger partial charge is 0.368 e. The lowest BCUT2D eigenvalue weighted by Gasteiger charge is -2.17. The van der Waals surface area contributed by atoms with Crippen LogP contribution in [0.15, 0.2) is 29.3 Å². The number of nitrogens with one attached hydrogen (secondary N) is 1. The minimum absolute atomic E-state index is 0.108. The first-order valence-electron chi connectivity index (χ1n) is 6.44. The Labute approximate surface area is 146 Å². The monoisotopic (exact) mass is 432 g/mol. The molecule has 3 N–H and O–H groups in total. The van der Waals surface area contributed by atoms with E-state index in [1.165, 1.54) is 0 Å². The van der Waals surface area contributed by atoms with Crippen molar-refractivity contribution in [3.63, 3.8) is 0 Å². The summed E-state index contributed by atoms with van der Waals surface area (Å²) in [6.45, 7) is 3.41. The molecule has 1 atom stereocenters. The van der Waals surface area contributed by atoms with Crippen molar-refractivity contribution in [2.45, 2.75) is 24.8 Å². The van der Waals surface area contributed by atoms with E-state index in [0.717, 1.165) is 0 Å². The number of primary amides is 1. The van der Waals surface area contributed by atoms with Crippen LogP contribution in [0, 0.1) is 0 Å². The predicted molar refractivity (Wildman–Crippen MR) is 79.6 cm³/mol. The molecule has 4 nitrogen and oxygen atoms in total. The van der Waals surface area contributed by atoms with Gasteiger partial charge in [0.15, 0.2) is 0 Å². The molecule has 0 radical (unpaired) electrons. The molecule has 0 aliphatic heterocycles. The number of alkyl halides is 6. The standard InChI is InChI=1S/C14H11BrF6N2O2/c1-6(15)2-10(11(22)24)23-12(25)7-3-8(13(16,17)18)5-9(4-7)14(19,20)21/h3-5,10H,1-2H2,(H2,22,24)(H,23,25)/t10-/m1/s1. The Morgan fingerprint density at radius 3 is 1.84 bits per heavy atom. The zero-order valence-corrected chi connectivity index (χ0v) is 13.8. The van der Waals surface area contributed by atoms with E-state index in [-0.39, 0.29) is 29.1 Å². The highest BCUT2D eigenvalue weighted by atomic mass is 79.9. The number of carbonyl (C=O) groups is 2. The molecule has 0 aliphatic rings. The van der Waals surface area contributed by atoms with Crippen LogP contribution in [0.5, 0.6) is 0 Å². The first-order chi connectivity index (χ1) is 11.2. The molecular weight excluding hydrogens is 422 g/mol. The summed E-state index contributed by atoms with van der Waals surface area (Å²) in [5.41, 5.74) is 0.835. The average Bonchev–Trinajstić information content (AvgIpc) is 2.43. The maximum Gasteiger partial charge on any atom is 0.416 e. The summed E-state index contributed by atoms with van der Waals surface area (Å²) < 4.78 is 76.9. The van der Waals surface area contributed by atoms with Crippen LogP contribution in [0.25, 0.3) is 0 Å². The minimum atomic E-state index is -5.09. The minimum Gasteiger partial charge on any atom is -0.368 e. The molecule has 0 bridgehead atoms. The molecule has 1 aromatic rings. The Hall–Kier alpha value is -2.04. The maximum absolute atomic E-state index is 12.8. The van der Waals surface area contributed by atoms with Gasteiger partial charge in [0, 0.05) is 12.0 Å². The highest BCUT2D eigenvalue weighted by molar-refractivity contribution is 9.11. The van der Waals surface area contributed by atoms with E-state index in [9.17, 15) is 35.9 Å². The molecule has 138 valence electrons. The van der Waals surface area contributed by atoms with E-state index >= 15 is 0 Å². The summed E-state index contributed by atoms with van der Waals surface area (Å²) in [4.78, 5) is 23.2. The Bertz CT molecular complexity index is 667. The molecule has 1 aromatic carbocycles. The van der Waals surface area contributed by atoms with Crippen molar-refractivity contribution in [2.24, 2.45) is 5.73 Å². The Kier molecular flexibility index (Phi) is 6.27. The van der Waals surface area contributed by atoms with Gasteiger partial charge in [-0.2, -0.15) is 26.3 Å². The van der Waals surface area contributed by atoms with Gasteiger partial charge in [-0.05, 0) is 22.7 Å². The highest BCUT2D eigenvalue weighted by Crippen LogP contribution is 2.36. The van der Waals surface area contributed by atoms with Gasteiger partial charge in [0.25, 0.3) is 5.91 Å². The predicted octanol–water partition coefficient (Wildman–Crippen LogP) is 3.61. The molecule has 0 saturated carbocycles. The molecule has 0 fully saturated rings. The van der Waals surface area contributed by atoms with Crippen LogP contribution in [-0.4, -0.2) is 17.9 Å². The molecule has 0 heterocycles. The summed E-state index contributed by atoms with van der Waals surface area (Å²) in [7, 11) is 0. The fraction of sp³-hybridized carbons (Fsp3) is 0.286. The van der Waals surface area contributed by atoms with E-state index in [1.54, 1.807) is 0 Å². The van der Waals surface area contributed by atoms with Crippen LogP contribution in [-0.2, 0) is 17.1 Å². The molecule has 11 heteroatoms. The van der Waals surface area contributed by atoms with Crippen LogP contribution in [0.3, 0.4) is 0 Å². The number of hydrogen-bond acceptors (Lipinski definition) is 2. The topological polar surface area (TPSA) is 72.2 Å². The van der Waals surface area contributed by atoms with E-state index in [0.29, 0.717) is 0 Å². The van der Waals surface area contributed by atoms with Crippen molar-refractivity contribution >= 4 is 27.7 Å². The third-order valence-electron chi connectivity index (χ3n) is 2.92. The molecule has 25 heavy (non-hydrogen) atoms. The summed E-state index contributed by atoms with van der Waals surface area (Å²) in [6, 6.07) is -0.955. The first kappa shape index (κ1) is 21.0. The molecular formula is C14H11BrF6N2O2. The number of hydrogen-bond donors (Lipinski definition) is 2. The number of amides is 2. The lowest BCUT2D eigenvalue weighted by Crippen LogP contribution is -2.44. The fourth-order valence-electron chi connectivity index (χ4n) is 1.77. The number of benzene rings is 1. The fourth-order valence-corrected chi connectivity index (χ4v) is 2.10. The average molecular weight is 433 g/mol. The van der Waals surface area contributed by atoms with Gasteiger partial charge in [-0.3, -0.25) is 9.59 Å². The summed E-state index contributed by atoms with van der Waals surface area (Å²) in [5.74, 6) is -2.34. The van der Waals surface area contributed by atoms with Gasteiger partial charge in [0.1, 0.15) is 6.04 Å². The molecule has 1 rings (SSSR count). The Balaban J connectivity index is 3.28. The quantitative estimate of drug-likeness (QED) is 0.697. The van der Waals surface area contributed by atoms with Crippen LogP contribution in [0.1, 0.15) is 27.9 Å². The Morgan fingerprint density at radius 2 is 1.52 bits per heavy atom. The summed E-state index contributed by atoms with van der Waals surface area (Å²) in [5, 5.41) is 1.98. The molecule has 0 aliphatic carbocycles. The van der Waals surface area contributed by atoms with Crippen LogP contribution < -0.4 is 11.1 Å². The van der Waals surface area contributed by atoms with Gasteiger partial charge in [0.2, 0.25) is 5.91 Å². The normalized spacial score (nSPS) is 13.2. The third-order valence-corrected chi connectivity index (χ3v) is 3.25. The van der Waals surface area contributed by atoms with E-state index < -0.39 is 46.9 Å². The van der Waals surface area contributed by atoms with Gasteiger partial charge in [-0.25, -0.2) is 0 Å². The van der Waals surface area contributed by atoms with Gasteiger partial charge >= 0.3 is 12.4 Å². The lowest BCUT2D eigenvalue weighted by molar-refractivity contribution is -0.143. The highest BCUT2D eigenvalue weighted by Gasteiger charge is 2.37. The van der Waals surface area contributed by atoms with E-state index in [1.807, 2.05) is 5.32 Å². The van der Waals surface area contributed by atoms with Crippen molar-refractivity contribution in [3.8, 4) is 0 Å². The molecule has 0 saturated heterocycles. The van der Waals surface area contributed by atoms with Crippen molar-refractivity contribution in [3.05, 3.63) is 46.0 Å². The molecule has 0 aromatic heterocycles. The van der Waals surface area contributed by atoms with Crippen molar-refractivity contribution in [1.82, 2.24) is 5.32 Å². The maximum atomic E-state index is 12.8. The molecule has 0 unspecified atom stereocenters. The number of halogens is 7. The van der Waals surface area contributed by atoms with Crippen LogP contribution >= 0.6 is 15.9 Å². The number of rotatable bonds is 5. The van der Waals surface area contributed by atoms with Crippen molar-refractivity contribution in [1.29, 1.82) is 0 Å². The van der Waals surface area contributed by atoms with Crippen LogP contribution in [0.2, 0.25) is 0 Å². The van der Waals surface area contributed by atoms with Gasteiger partial charge < -0.3 is 11.1 Å².